The van der Waals surface area contributed by atoms with Gasteiger partial charge in [-0.15, -0.1) is 0 Å². The van der Waals surface area contributed by atoms with Gasteiger partial charge in [-0.1, -0.05) is 75.3 Å². The van der Waals surface area contributed by atoms with Gasteiger partial charge >= 0.3 is 5.97 Å². The van der Waals surface area contributed by atoms with Crippen molar-refractivity contribution in [3.63, 3.8) is 0 Å². The first-order valence-corrected chi connectivity index (χ1v) is 9.12. The standard InChI is InChI=1S/C21H34O3/c1-3-4-5-6-7-10-14-19(2)15-11-8-9-12-16-20(22)17-13-18-21(23)24/h7-12,15-16,19-20,22H,3-6,13-14,17-18H2,1-2H3,(H,23,24)/b9-8+,10-7-,15-11+,16-12+/t19-,20-/m1/s1. The Morgan fingerprint density at radius 3 is 2.38 bits per heavy atom. The maximum absolute atomic E-state index is 10.4. The summed E-state index contributed by atoms with van der Waals surface area (Å²) in [7, 11) is 0. The molecule has 0 bridgehead atoms. The third-order valence-corrected chi connectivity index (χ3v) is 3.65. The van der Waals surface area contributed by atoms with Crippen molar-refractivity contribution >= 4 is 5.97 Å². The molecule has 0 radical (unpaired) electrons. The Morgan fingerprint density at radius 2 is 1.71 bits per heavy atom. The lowest BCUT2D eigenvalue weighted by Crippen LogP contribution is -2.03. The lowest BCUT2D eigenvalue weighted by Gasteiger charge is -2.02. The predicted molar refractivity (Wildman–Crippen MR) is 102 cm³/mol. The maximum atomic E-state index is 10.4. The number of allylic oxidation sites excluding steroid dienone is 7. The number of aliphatic carboxylic acids is 1. The molecular weight excluding hydrogens is 300 g/mol. The van der Waals surface area contributed by atoms with Crippen LogP contribution in [0.2, 0.25) is 0 Å². The summed E-state index contributed by atoms with van der Waals surface area (Å²) in [6.45, 7) is 4.42. The Labute approximate surface area is 147 Å². The first-order chi connectivity index (χ1) is 11.6. The monoisotopic (exact) mass is 334 g/mol. The Kier molecular flexibility index (Phi) is 15.2. The molecule has 0 spiro atoms. The highest BCUT2D eigenvalue weighted by molar-refractivity contribution is 5.66. The van der Waals surface area contributed by atoms with Crippen LogP contribution >= 0.6 is 0 Å². The Bertz CT molecular complexity index is 419. The molecule has 0 aromatic carbocycles. The van der Waals surface area contributed by atoms with E-state index >= 15 is 0 Å². The molecule has 0 aliphatic heterocycles. The van der Waals surface area contributed by atoms with E-state index in [0.717, 1.165) is 6.42 Å². The molecule has 0 aromatic heterocycles. The van der Waals surface area contributed by atoms with E-state index in [4.69, 9.17) is 5.11 Å². The normalized spacial score (nSPS) is 15.1. The van der Waals surface area contributed by atoms with E-state index in [9.17, 15) is 9.90 Å². The number of carboxylic acids is 1. The largest absolute Gasteiger partial charge is 0.481 e. The minimum atomic E-state index is -0.818. The Hall–Kier alpha value is -1.61. The minimum Gasteiger partial charge on any atom is -0.481 e. The van der Waals surface area contributed by atoms with E-state index in [1.807, 2.05) is 18.2 Å². The first kappa shape index (κ1) is 22.4. The van der Waals surface area contributed by atoms with Gasteiger partial charge < -0.3 is 10.2 Å². The predicted octanol–water partition coefficient (Wildman–Crippen LogP) is 5.43. The van der Waals surface area contributed by atoms with E-state index in [-0.39, 0.29) is 6.42 Å². The Morgan fingerprint density at radius 1 is 1.00 bits per heavy atom. The van der Waals surface area contributed by atoms with E-state index in [2.05, 4.69) is 32.1 Å². The van der Waals surface area contributed by atoms with Crippen LogP contribution in [0.15, 0.2) is 48.6 Å². The summed E-state index contributed by atoms with van der Waals surface area (Å²) < 4.78 is 0. The van der Waals surface area contributed by atoms with Gasteiger partial charge in [0.05, 0.1) is 6.10 Å². The van der Waals surface area contributed by atoms with Crippen LogP contribution in [0.1, 0.15) is 65.2 Å². The summed E-state index contributed by atoms with van der Waals surface area (Å²) in [5.74, 6) is -0.302. The fourth-order valence-electron chi connectivity index (χ4n) is 2.15. The van der Waals surface area contributed by atoms with Gasteiger partial charge in [0, 0.05) is 6.42 Å². The topological polar surface area (TPSA) is 57.5 Å². The van der Waals surface area contributed by atoms with Crippen LogP contribution in [-0.2, 0) is 4.79 Å². The molecule has 24 heavy (non-hydrogen) atoms. The number of carboxylic acid groups (broad SMARTS) is 1. The highest BCUT2D eigenvalue weighted by Crippen LogP contribution is 2.07. The van der Waals surface area contributed by atoms with Crippen molar-refractivity contribution in [2.45, 2.75) is 71.3 Å². The lowest BCUT2D eigenvalue weighted by molar-refractivity contribution is -0.137. The van der Waals surface area contributed by atoms with Crippen molar-refractivity contribution in [1.29, 1.82) is 0 Å². The molecule has 0 aliphatic rings. The third kappa shape index (κ3) is 16.8. The van der Waals surface area contributed by atoms with Crippen molar-refractivity contribution in [2.75, 3.05) is 0 Å². The van der Waals surface area contributed by atoms with Gasteiger partial charge in [0.25, 0.3) is 0 Å². The molecule has 0 unspecified atom stereocenters. The molecule has 136 valence electrons. The smallest absolute Gasteiger partial charge is 0.303 e. The van der Waals surface area contributed by atoms with Crippen LogP contribution in [0.25, 0.3) is 0 Å². The van der Waals surface area contributed by atoms with Crippen molar-refractivity contribution in [3.8, 4) is 0 Å². The van der Waals surface area contributed by atoms with Crippen LogP contribution in [0.3, 0.4) is 0 Å². The van der Waals surface area contributed by atoms with Gasteiger partial charge in [0.15, 0.2) is 0 Å². The molecule has 2 N–H and O–H groups in total. The van der Waals surface area contributed by atoms with E-state index in [0.29, 0.717) is 18.8 Å². The van der Waals surface area contributed by atoms with Crippen LogP contribution in [0.4, 0.5) is 0 Å². The molecule has 0 amide bonds. The zero-order valence-electron chi connectivity index (χ0n) is 15.2. The molecule has 0 heterocycles. The molecule has 2 atom stereocenters. The summed E-state index contributed by atoms with van der Waals surface area (Å²) >= 11 is 0. The van der Waals surface area contributed by atoms with Crippen molar-refractivity contribution < 1.29 is 15.0 Å². The van der Waals surface area contributed by atoms with Gasteiger partial charge in [-0.25, -0.2) is 0 Å². The number of hydrogen-bond donors (Lipinski definition) is 2. The minimum absolute atomic E-state index is 0.106. The zero-order chi connectivity index (χ0) is 18.0. The molecule has 0 saturated heterocycles. The van der Waals surface area contributed by atoms with Gasteiger partial charge in [0.2, 0.25) is 0 Å². The second-order valence-electron chi connectivity index (χ2n) is 6.19. The quantitative estimate of drug-likeness (QED) is 0.253. The molecule has 0 rings (SSSR count). The average molecular weight is 335 g/mol. The van der Waals surface area contributed by atoms with Gasteiger partial charge in [-0.05, 0) is 38.0 Å². The third-order valence-electron chi connectivity index (χ3n) is 3.65. The fraction of sp³-hybridized carbons (Fsp3) is 0.571. The van der Waals surface area contributed by atoms with Crippen LogP contribution in [0, 0.1) is 5.92 Å². The number of aliphatic hydroxyl groups is 1. The second kappa shape index (κ2) is 16.3. The summed E-state index contributed by atoms with van der Waals surface area (Å²) in [6.07, 6.45) is 22.7. The SMILES string of the molecule is CCCCC/C=C\C[C@@H](C)/C=C/C=C/C=C/[C@@H](O)CCCC(=O)O. The first-order valence-electron chi connectivity index (χ1n) is 9.12. The molecule has 0 aromatic rings. The van der Waals surface area contributed by atoms with E-state index in [1.54, 1.807) is 12.2 Å². The lowest BCUT2D eigenvalue weighted by atomic mass is 10.1. The van der Waals surface area contributed by atoms with E-state index < -0.39 is 12.1 Å². The van der Waals surface area contributed by atoms with Gasteiger partial charge in [-0.3, -0.25) is 4.79 Å². The van der Waals surface area contributed by atoms with Gasteiger partial charge in [0.1, 0.15) is 0 Å². The molecule has 0 aliphatic carbocycles. The van der Waals surface area contributed by atoms with Crippen LogP contribution in [-0.4, -0.2) is 22.3 Å². The molecule has 0 fully saturated rings. The van der Waals surface area contributed by atoms with Crippen molar-refractivity contribution in [2.24, 2.45) is 5.92 Å². The summed E-state index contributed by atoms with van der Waals surface area (Å²) in [5, 5.41) is 18.2. The fourth-order valence-corrected chi connectivity index (χ4v) is 2.15. The number of unbranched alkanes of at least 4 members (excludes halogenated alkanes) is 3. The highest BCUT2D eigenvalue weighted by Gasteiger charge is 2.01. The number of hydrogen-bond acceptors (Lipinski definition) is 2. The van der Waals surface area contributed by atoms with Crippen molar-refractivity contribution in [1.82, 2.24) is 0 Å². The molecular formula is C21H34O3. The summed E-state index contributed by atoms with van der Waals surface area (Å²) in [4.78, 5) is 10.4. The van der Waals surface area contributed by atoms with Crippen molar-refractivity contribution in [3.05, 3.63) is 48.6 Å². The molecule has 3 heteroatoms. The maximum Gasteiger partial charge on any atom is 0.303 e. The molecule has 3 nitrogen and oxygen atoms in total. The summed E-state index contributed by atoms with van der Waals surface area (Å²) in [6, 6.07) is 0. The Balaban J connectivity index is 3.81. The number of aliphatic hydroxyl groups excluding tert-OH is 1. The summed E-state index contributed by atoms with van der Waals surface area (Å²) in [5.41, 5.74) is 0. The zero-order valence-corrected chi connectivity index (χ0v) is 15.2. The highest BCUT2D eigenvalue weighted by atomic mass is 16.4. The van der Waals surface area contributed by atoms with Gasteiger partial charge in [-0.2, -0.15) is 0 Å². The van der Waals surface area contributed by atoms with Crippen LogP contribution in [0.5, 0.6) is 0 Å². The number of rotatable bonds is 14. The second-order valence-corrected chi connectivity index (χ2v) is 6.19. The van der Waals surface area contributed by atoms with E-state index in [1.165, 1.54) is 25.7 Å². The molecule has 0 saturated carbocycles. The average Bonchev–Trinajstić information content (AvgIpc) is 2.53. The number of carbonyl (C=O) groups is 1. The van der Waals surface area contributed by atoms with Crippen LogP contribution < -0.4 is 0 Å².